The monoisotopic (exact) mass is 389 g/mol. The molecule has 2 rings (SSSR count). The zero-order valence-electron chi connectivity index (χ0n) is 15.9. The lowest BCUT2D eigenvalue weighted by Crippen LogP contribution is -2.26. The zero-order chi connectivity index (χ0) is 19.8. The standard InChI is InChI=1S/C20H24FN3O2S/c1-5-7-16-17(8-6-2)22-19(23-18(16)26-20(25)24(3)4)27-13-14-9-11-15(21)12-10-14/h5,9-12H,1,6-8,13H2,2-4H3. The third-order valence-corrected chi connectivity index (χ3v) is 4.62. The SMILES string of the molecule is C=CCc1c(CCC)nc(SCc2ccc(F)cc2)nc1OC(=O)N(C)C. The lowest BCUT2D eigenvalue weighted by atomic mass is 10.1. The Morgan fingerprint density at radius 1 is 1.30 bits per heavy atom. The normalized spacial score (nSPS) is 10.5. The van der Waals surface area contributed by atoms with Crippen LogP contribution < -0.4 is 4.74 Å². The molecule has 144 valence electrons. The number of carbonyl (C=O) groups is 1. The second kappa shape index (κ2) is 10.1. The molecule has 1 aromatic heterocycles. The molecule has 0 aliphatic carbocycles. The number of amides is 1. The quantitative estimate of drug-likeness (QED) is 0.374. The predicted molar refractivity (Wildman–Crippen MR) is 106 cm³/mol. The molecule has 5 nitrogen and oxygen atoms in total. The molecule has 0 aliphatic heterocycles. The topological polar surface area (TPSA) is 55.3 Å². The van der Waals surface area contributed by atoms with Gasteiger partial charge in [0.1, 0.15) is 5.82 Å². The fraction of sp³-hybridized carbons (Fsp3) is 0.350. The van der Waals surface area contributed by atoms with Crippen LogP contribution in [0, 0.1) is 5.82 Å². The zero-order valence-corrected chi connectivity index (χ0v) is 16.7. The first-order chi connectivity index (χ1) is 12.9. The van der Waals surface area contributed by atoms with Gasteiger partial charge in [-0.25, -0.2) is 14.2 Å². The van der Waals surface area contributed by atoms with Gasteiger partial charge in [-0.1, -0.05) is 43.3 Å². The molecule has 0 bridgehead atoms. The van der Waals surface area contributed by atoms with Gasteiger partial charge >= 0.3 is 6.09 Å². The fourth-order valence-corrected chi connectivity index (χ4v) is 3.14. The van der Waals surface area contributed by atoms with Gasteiger partial charge in [0.2, 0.25) is 5.88 Å². The summed E-state index contributed by atoms with van der Waals surface area (Å²) < 4.78 is 18.5. The first kappa shape index (κ1) is 20.9. The number of rotatable bonds is 8. The maximum Gasteiger partial charge on any atom is 0.416 e. The van der Waals surface area contributed by atoms with Gasteiger partial charge in [-0.15, -0.1) is 6.58 Å². The van der Waals surface area contributed by atoms with Gasteiger partial charge in [-0.3, -0.25) is 0 Å². The number of nitrogens with zero attached hydrogens (tertiary/aromatic N) is 3. The molecule has 0 spiro atoms. The van der Waals surface area contributed by atoms with E-state index in [1.807, 2.05) is 0 Å². The van der Waals surface area contributed by atoms with Crippen molar-refractivity contribution in [2.45, 2.75) is 37.1 Å². The van der Waals surface area contributed by atoms with Crippen LogP contribution in [0.5, 0.6) is 5.88 Å². The maximum atomic E-state index is 13.1. The number of carbonyl (C=O) groups excluding carboxylic acids is 1. The summed E-state index contributed by atoms with van der Waals surface area (Å²) in [4.78, 5) is 22.5. The van der Waals surface area contributed by atoms with E-state index in [4.69, 9.17) is 4.74 Å². The minimum Gasteiger partial charge on any atom is -0.391 e. The first-order valence-electron chi connectivity index (χ1n) is 8.71. The number of aromatic nitrogens is 2. The lowest BCUT2D eigenvalue weighted by Gasteiger charge is -2.16. The summed E-state index contributed by atoms with van der Waals surface area (Å²) >= 11 is 1.42. The Kier molecular flexibility index (Phi) is 7.79. The van der Waals surface area contributed by atoms with Crippen molar-refractivity contribution in [2.75, 3.05) is 14.1 Å². The Morgan fingerprint density at radius 2 is 2.00 bits per heavy atom. The molecule has 2 aromatic rings. The van der Waals surface area contributed by atoms with Crippen molar-refractivity contribution in [3.8, 4) is 5.88 Å². The number of halogens is 1. The molecule has 7 heteroatoms. The Labute approximate surface area is 163 Å². The lowest BCUT2D eigenvalue weighted by molar-refractivity contribution is 0.169. The number of ether oxygens (including phenoxy) is 1. The average Bonchev–Trinajstić information content (AvgIpc) is 2.64. The number of benzene rings is 1. The van der Waals surface area contributed by atoms with Crippen molar-refractivity contribution < 1.29 is 13.9 Å². The molecule has 0 saturated heterocycles. The highest BCUT2D eigenvalue weighted by Gasteiger charge is 2.18. The molecular formula is C20H24FN3O2S. The second-order valence-corrected chi connectivity index (χ2v) is 7.10. The van der Waals surface area contributed by atoms with Gasteiger partial charge in [-0.2, -0.15) is 4.98 Å². The number of aryl methyl sites for hydroxylation is 1. The number of allylic oxidation sites excluding steroid dienone is 1. The van der Waals surface area contributed by atoms with Crippen LogP contribution in [0.1, 0.15) is 30.2 Å². The molecule has 0 fully saturated rings. The Bertz CT molecular complexity index is 795. The van der Waals surface area contributed by atoms with Crippen LogP contribution in [0.3, 0.4) is 0 Å². The summed E-state index contributed by atoms with van der Waals surface area (Å²) in [6.07, 6.45) is 3.44. The van der Waals surface area contributed by atoms with Gasteiger partial charge in [0.25, 0.3) is 0 Å². The molecule has 0 N–H and O–H groups in total. The number of hydrogen-bond donors (Lipinski definition) is 0. The molecule has 0 atom stereocenters. The van der Waals surface area contributed by atoms with Crippen molar-refractivity contribution in [3.63, 3.8) is 0 Å². The first-order valence-corrected chi connectivity index (χ1v) is 9.70. The summed E-state index contributed by atoms with van der Waals surface area (Å²) in [5.41, 5.74) is 2.60. The molecule has 1 amide bonds. The molecule has 1 aromatic carbocycles. The summed E-state index contributed by atoms with van der Waals surface area (Å²) in [5.74, 6) is 0.596. The Hall–Kier alpha value is -2.41. The highest BCUT2D eigenvalue weighted by atomic mass is 32.2. The summed E-state index contributed by atoms with van der Waals surface area (Å²) in [6.45, 7) is 5.84. The predicted octanol–water partition coefficient (Wildman–Crippen LogP) is 4.65. The van der Waals surface area contributed by atoms with Crippen molar-refractivity contribution >= 4 is 17.9 Å². The maximum absolute atomic E-state index is 13.1. The van der Waals surface area contributed by atoms with E-state index in [0.29, 0.717) is 17.3 Å². The van der Waals surface area contributed by atoms with Crippen LogP contribution in [-0.2, 0) is 18.6 Å². The van der Waals surface area contributed by atoms with Crippen LogP contribution >= 0.6 is 11.8 Å². The Morgan fingerprint density at radius 3 is 2.59 bits per heavy atom. The average molecular weight is 389 g/mol. The van der Waals surface area contributed by atoms with Crippen LogP contribution in [-0.4, -0.2) is 35.1 Å². The van der Waals surface area contributed by atoms with E-state index < -0.39 is 6.09 Å². The molecule has 27 heavy (non-hydrogen) atoms. The number of hydrogen-bond acceptors (Lipinski definition) is 5. The molecule has 1 heterocycles. The van der Waals surface area contributed by atoms with Crippen LogP contribution in [0.15, 0.2) is 42.1 Å². The van der Waals surface area contributed by atoms with Crippen molar-refractivity contribution in [2.24, 2.45) is 0 Å². The van der Waals surface area contributed by atoms with E-state index in [-0.39, 0.29) is 11.7 Å². The van der Waals surface area contributed by atoms with E-state index >= 15 is 0 Å². The van der Waals surface area contributed by atoms with Crippen molar-refractivity contribution in [3.05, 3.63) is 59.6 Å². The van der Waals surface area contributed by atoms with E-state index in [1.54, 1.807) is 32.3 Å². The van der Waals surface area contributed by atoms with Gasteiger partial charge < -0.3 is 9.64 Å². The van der Waals surface area contributed by atoms with Gasteiger partial charge in [0.05, 0.1) is 5.69 Å². The van der Waals surface area contributed by atoms with Crippen molar-refractivity contribution in [1.82, 2.24) is 14.9 Å². The number of thioether (sulfide) groups is 1. The largest absolute Gasteiger partial charge is 0.416 e. The van der Waals surface area contributed by atoms with Crippen LogP contribution in [0.2, 0.25) is 0 Å². The van der Waals surface area contributed by atoms with Gasteiger partial charge in [0, 0.05) is 25.4 Å². The highest BCUT2D eigenvalue weighted by Crippen LogP contribution is 2.28. The van der Waals surface area contributed by atoms with E-state index in [2.05, 4.69) is 23.5 Å². The Balaban J connectivity index is 2.32. The van der Waals surface area contributed by atoms with E-state index in [1.165, 1.54) is 28.8 Å². The van der Waals surface area contributed by atoms with Gasteiger partial charge in [-0.05, 0) is 30.5 Å². The van der Waals surface area contributed by atoms with Crippen LogP contribution in [0.25, 0.3) is 0 Å². The summed E-state index contributed by atoms with van der Waals surface area (Å²) in [6, 6.07) is 6.32. The third kappa shape index (κ3) is 6.06. The van der Waals surface area contributed by atoms with E-state index in [0.717, 1.165) is 29.7 Å². The van der Waals surface area contributed by atoms with Crippen LogP contribution in [0.4, 0.5) is 9.18 Å². The smallest absolute Gasteiger partial charge is 0.391 e. The highest BCUT2D eigenvalue weighted by molar-refractivity contribution is 7.98. The fourth-order valence-electron chi connectivity index (χ4n) is 2.33. The molecular weight excluding hydrogens is 365 g/mol. The molecule has 0 radical (unpaired) electrons. The minimum atomic E-state index is -0.490. The summed E-state index contributed by atoms with van der Waals surface area (Å²) in [7, 11) is 3.24. The van der Waals surface area contributed by atoms with E-state index in [9.17, 15) is 9.18 Å². The molecule has 0 saturated carbocycles. The second-order valence-electron chi connectivity index (χ2n) is 6.16. The molecule has 0 aliphatic rings. The van der Waals surface area contributed by atoms with Gasteiger partial charge in [0.15, 0.2) is 5.16 Å². The summed E-state index contributed by atoms with van der Waals surface area (Å²) in [5, 5.41) is 0.525. The third-order valence-electron chi connectivity index (χ3n) is 3.70. The van der Waals surface area contributed by atoms with Crippen molar-refractivity contribution in [1.29, 1.82) is 0 Å². The molecule has 0 unspecified atom stereocenters. The minimum absolute atomic E-state index is 0.267.